The van der Waals surface area contributed by atoms with Crippen LogP contribution in [-0.4, -0.2) is 18.5 Å². The van der Waals surface area contributed by atoms with E-state index in [-0.39, 0.29) is 31.4 Å². The molecule has 1 rings (SSSR count). The van der Waals surface area contributed by atoms with Gasteiger partial charge in [0.15, 0.2) is 0 Å². The first-order valence-electron chi connectivity index (χ1n) is 12.2. The fourth-order valence-electron chi connectivity index (χ4n) is 3.43. The molecule has 1 aromatic rings. The summed E-state index contributed by atoms with van der Waals surface area (Å²) in [4.78, 5) is 23.6. The van der Waals surface area contributed by atoms with Gasteiger partial charge < -0.3 is 9.47 Å². The second-order valence-electron chi connectivity index (χ2n) is 8.22. The molecule has 0 radical (unpaired) electrons. The van der Waals surface area contributed by atoms with Gasteiger partial charge in [-0.05, 0) is 35.1 Å². The summed E-state index contributed by atoms with van der Waals surface area (Å²) in [5.74, 6) is -0.678. The molecule has 31 heavy (non-hydrogen) atoms. The molecule has 0 unspecified atom stereocenters. The standard InChI is InChI=1S/C26H41IO4/c1-2-3-4-5-6-7-8-9-10-11-12-13-16-21-30-25(28)19-20-26(29)31-22-23-17-14-15-18-24(23)27/h14-15,17-18H,2-13,16,19-22H2,1H3. The van der Waals surface area contributed by atoms with Crippen LogP contribution < -0.4 is 0 Å². The third-order valence-electron chi connectivity index (χ3n) is 5.39. The van der Waals surface area contributed by atoms with E-state index in [1.807, 2.05) is 24.3 Å². The second-order valence-corrected chi connectivity index (χ2v) is 9.38. The summed E-state index contributed by atoms with van der Waals surface area (Å²) in [6, 6.07) is 7.76. The van der Waals surface area contributed by atoms with E-state index >= 15 is 0 Å². The van der Waals surface area contributed by atoms with Gasteiger partial charge >= 0.3 is 11.9 Å². The van der Waals surface area contributed by atoms with Crippen LogP contribution in [0.4, 0.5) is 0 Å². The minimum absolute atomic E-state index is 0.0703. The molecule has 0 saturated heterocycles. The molecule has 0 aliphatic heterocycles. The molecule has 0 amide bonds. The number of carbonyl (C=O) groups excluding carboxylic acids is 2. The molecule has 0 saturated carbocycles. The van der Waals surface area contributed by atoms with Crippen LogP contribution in [0.5, 0.6) is 0 Å². The van der Waals surface area contributed by atoms with Crippen molar-refractivity contribution in [2.45, 2.75) is 110 Å². The number of carbonyl (C=O) groups is 2. The Balaban J connectivity index is 1.87. The van der Waals surface area contributed by atoms with Gasteiger partial charge in [-0.1, -0.05) is 102 Å². The summed E-state index contributed by atoms with van der Waals surface area (Å²) < 4.78 is 11.5. The first-order chi connectivity index (χ1) is 15.1. The van der Waals surface area contributed by atoms with Crippen molar-refractivity contribution >= 4 is 34.5 Å². The van der Waals surface area contributed by atoms with E-state index in [0.717, 1.165) is 22.0 Å². The van der Waals surface area contributed by atoms with Crippen molar-refractivity contribution in [3.8, 4) is 0 Å². The number of rotatable bonds is 19. The molecule has 0 N–H and O–H groups in total. The number of esters is 2. The Morgan fingerprint density at radius 2 is 1.19 bits per heavy atom. The maximum absolute atomic E-state index is 11.8. The van der Waals surface area contributed by atoms with Gasteiger partial charge in [-0.25, -0.2) is 0 Å². The summed E-state index contributed by atoms with van der Waals surface area (Å²) in [5.41, 5.74) is 0.974. The second kappa shape index (κ2) is 19.6. The van der Waals surface area contributed by atoms with Crippen LogP contribution in [0.2, 0.25) is 0 Å². The smallest absolute Gasteiger partial charge is 0.306 e. The molecule has 0 atom stereocenters. The van der Waals surface area contributed by atoms with E-state index < -0.39 is 0 Å². The van der Waals surface area contributed by atoms with Crippen LogP contribution in [0.1, 0.15) is 109 Å². The predicted molar refractivity (Wildman–Crippen MR) is 135 cm³/mol. The molecule has 0 heterocycles. The van der Waals surface area contributed by atoms with E-state index in [1.54, 1.807) is 0 Å². The first kappa shape index (κ1) is 27.9. The van der Waals surface area contributed by atoms with Crippen molar-refractivity contribution in [1.82, 2.24) is 0 Å². The van der Waals surface area contributed by atoms with Gasteiger partial charge in [-0.3, -0.25) is 9.59 Å². The minimum atomic E-state index is -0.363. The van der Waals surface area contributed by atoms with Crippen molar-refractivity contribution in [2.75, 3.05) is 6.61 Å². The fourth-order valence-corrected chi connectivity index (χ4v) is 3.97. The van der Waals surface area contributed by atoms with Crippen LogP contribution in [0, 0.1) is 3.57 Å². The van der Waals surface area contributed by atoms with Gasteiger partial charge in [0.25, 0.3) is 0 Å². The molecule has 4 nitrogen and oxygen atoms in total. The van der Waals surface area contributed by atoms with Gasteiger partial charge in [-0.15, -0.1) is 0 Å². The zero-order valence-corrected chi connectivity index (χ0v) is 21.5. The van der Waals surface area contributed by atoms with Crippen LogP contribution >= 0.6 is 22.6 Å². The van der Waals surface area contributed by atoms with Crippen molar-refractivity contribution in [3.05, 3.63) is 33.4 Å². The lowest BCUT2D eigenvalue weighted by molar-refractivity contribution is -0.151. The Morgan fingerprint density at radius 1 is 0.710 bits per heavy atom. The molecule has 176 valence electrons. The van der Waals surface area contributed by atoms with Crippen LogP contribution in [0.15, 0.2) is 24.3 Å². The van der Waals surface area contributed by atoms with E-state index in [0.29, 0.717) is 6.61 Å². The zero-order chi connectivity index (χ0) is 22.6. The normalized spacial score (nSPS) is 10.8. The first-order valence-corrected chi connectivity index (χ1v) is 13.3. The molecule has 5 heteroatoms. The molecule has 0 aliphatic carbocycles. The Bertz CT molecular complexity index is 603. The highest BCUT2D eigenvalue weighted by Crippen LogP contribution is 2.14. The Morgan fingerprint density at radius 3 is 1.74 bits per heavy atom. The Labute approximate surface area is 203 Å². The number of hydrogen-bond acceptors (Lipinski definition) is 4. The molecular weight excluding hydrogens is 503 g/mol. The number of benzene rings is 1. The van der Waals surface area contributed by atoms with Crippen LogP contribution in [-0.2, 0) is 25.7 Å². The Kier molecular flexibility index (Phi) is 17.6. The fraction of sp³-hybridized carbons (Fsp3) is 0.692. The maximum Gasteiger partial charge on any atom is 0.306 e. The number of unbranched alkanes of at least 4 members (excludes halogenated alkanes) is 12. The lowest BCUT2D eigenvalue weighted by atomic mass is 10.0. The van der Waals surface area contributed by atoms with Gasteiger partial charge in [0, 0.05) is 9.13 Å². The van der Waals surface area contributed by atoms with E-state index in [2.05, 4.69) is 29.5 Å². The minimum Gasteiger partial charge on any atom is -0.466 e. The summed E-state index contributed by atoms with van der Waals surface area (Å²) in [5, 5.41) is 0. The van der Waals surface area contributed by atoms with Crippen molar-refractivity contribution in [1.29, 1.82) is 0 Å². The molecule has 0 fully saturated rings. The van der Waals surface area contributed by atoms with E-state index in [9.17, 15) is 9.59 Å². The average molecular weight is 545 g/mol. The van der Waals surface area contributed by atoms with Crippen molar-refractivity contribution in [2.24, 2.45) is 0 Å². The average Bonchev–Trinajstić information content (AvgIpc) is 2.77. The summed E-state index contributed by atoms with van der Waals surface area (Å²) in [6.45, 7) is 2.96. The highest BCUT2D eigenvalue weighted by molar-refractivity contribution is 14.1. The molecular formula is C26H41IO4. The lowest BCUT2D eigenvalue weighted by Gasteiger charge is -2.07. The maximum atomic E-state index is 11.8. The summed E-state index contributed by atoms with van der Waals surface area (Å²) in [7, 11) is 0. The SMILES string of the molecule is CCCCCCCCCCCCCCCOC(=O)CCC(=O)OCc1ccccc1I. The predicted octanol–water partition coefficient (Wildman–Crippen LogP) is 7.75. The van der Waals surface area contributed by atoms with Gasteiger partial charge in [0.1, 0.15) is 6.61 Å². The third kappa shape index (κ3) is 16.2. The quantitative estimate of drug-likeness (QED) is 0.102. The summed E-state index contributed by atoms with van der Waals surface area (Å²) >= 11 is 2.21. The van der Waals surface area contributed by atoms with E-state index in [1.165, 1.54) is 70.6 Å². The zero-order valence-electron chi connectivity index (χ0n) is 19.3. The number of ether oxygens (including phenoxy) is 2. The molecule has 0 spiro atoms. The molecule has 0 aliphatic rings. The highest BCUT2D eigenvalue weighted by Gasteiger charge is 2.10. The number of hydrogen-bond donors (Lipinski definition) is 0. The van der Waals surface area contributed by atoms with Gasteiger partial charge in [-0.2, -0.15) is 0 Å². The van der Waals surface area contributed by atoms with E-state index in [4.69, 9.17) is 9.47 Å². The van der Waals surface area contributed by atoms with Crippen LogP contribution in [0.3, 0.4) is 0 Å². The van der Waals surface area contributed by atoms with Gasteiger partial charge in [0.2, 0.25) is 0 Å². The molecule has 0 bridgehead atoms. The lowest BCUT2D eigenvalue weighted by Crippen LogP contribution is -2.11. The monoisotopic (exact) mass is 544 g/mol. The number of halogens is 1. The van der Waals surface area contributed by atoms with Crippen molar-refractivity contribution < 1.29 is 19.1 Å². The highest BCUT2D eigenvalue weighted by atomic mass is 127. The summed E-state index contributed by atoms with van der Waals surface area (Å²) in [6.07, 6.45) is 17.0. The van der Waals surface area contributed by atoms with Crippen LogP contribution in [0.25, 0.3) is 0 Å². The Hall–Kier alpha value is -1.11. The van der Waals surface area contributed by atoms with Gasteiger partial charge in [0.05, 0.1) is 19.4 Å². The molecule has 1 aromatic carbocycles. The molecule has 0 aromatic heterocycles. The largest absolute Gasteiger partial charge is 0.466 e. The van der Waals surface area contributed by atoms with Crippen molar-refractivity contribution in [3.63, 3.8) is 0 Å². The third-order valence-corrected chi connectivity index (χ3v) is 6.44. The topological polar surface area (TPSA) is 52.6 Å².